The van der Waals surface area contributed by atoms with Gasteiger partial charge in [0.25, 0.3) is 5.91 Å². The largest absolute Gasteiger partial charge is 0.497 e. The monoisotopic (exact) mass is 372 g/mol. The molecule has 0 spiro atoms. The van der Waals surface area contributed by atoms with E-state index < -0.39 is 0 Å². The zero-order valence-electron chi connectivity index (χ0n) is 13.9. The fraction of sp³-hybridized carbons (Fsp3) is 0.158. The van der Waals surface area contributed by atoms with Crippen molar-refractivity contribution >= 4 is 34.0 Å². The van der Waals surface area contributed by atoms with Crippen LogP contribution in [0.5, 0.6) is 5.75 Å². The summed E-state index contributed by atoms with van der Waals surface area (Å²) in [5.74, 6) is 0.645. The number of halogens is 1. The van der Waals surface area contributed by atoms with Crippen LogP contribution in [0.1, 0.15) is 17.3 Å². The third-order valence-electron chi connectivity index (χ3n) is 3.77. The first-order valence-electron chi connectivity index (χ1n) is 7.80. The van der Waals surface area contributed by atoms with Crippen LogP contribution >= 0.6 is 22.9 Å². The molecule has 0 aliphatic heterocycles. The molecule has 0 saturated carbocycles. The van der Waals surface area contributed by atoms with Crippen molar-refractivity contribution in [3.05, 3.63) is 64.5 Å². The van der Waals surface area contributed by atoms with E-state index in [9.17, 15) is 4.79 Å². The molecule has 0 aliphatic carbocycles. The van der Waals surface area contributed by atoms with Crippen molar-refractivity contribution < 1.29 is 9.53 Å². The van der Waals surface area contributed by atoms with E-state index in [4.69, 9.17) is 16.3 Å². The second kappa shape index (κ2) is 7.68. The summed E-state index contributed by atoms with van der Waals surface area (Å²) in [6.45, 7) is 2.43. The lowest BCUT2D eigenvalue weighted by Gasteiger charge is -2.18. The third-order valence-corrected chi connectivity index (χ3v) is 4.97. The van der Waals surface area contributed by atoms with Crippen LogP contribution < -0.4 is 9.64 Å². The number of aromatic nitrogens is 1. The van der Waals surface area contributed by atoms with Crippen molar-refractivity contribution in [1.29, 1.82) is 0 Å². The minimum atomic E-state index is -0.149. The lowest BCUT2D eigenvalue weighted by atomic mass is 10.2. The van der Waals surface area contributed by atoms with Gasteiger partial charge in [-0.05, 0) is 43.3 Å². The van der Waals surface area contributed by atoms with Crippen molar-refractivity contribution in [3.63, 3.8) is 0 Å². The number of ether oxygens (including phenoxy) is 1. The van der Waals surface area contributed by atoms with Gasteiger partial charge in [0.15, 0.2) is 5.13 Å². The normalized spacial score (nSPS) is 10.5. The van der Waals surface area contributed by atoms with E-state index in [-0.39, 0.29) is 5.91 Å². The van der Waals surface area contributed by atoms with E-state index in [1.165, 1.54) is 11.3 Å². The molecule has 1 aromatic heterocycles. The van der Waals surface area contributed by atoms with Gasteiger partial charge in [0.2, 0.25) is 0 Å². The molecule has 0 radical (unpaired) electrons. The smallest absolute Gasteiger partial charge is 0.261 e. The first-order chi connectivity index (χ1) is 12.1. The standard InChI is InChI=1S/C19H17ClN2O2S/c1-3-22(18(23)15-6-4-5-7-16(15)20)19-21-17(12-25-19)13-8-10-14(24-2)11-9-13/h4-12H,3H2,1-2H3. The second-order valence-corrected chi connectivity index (χ2v) is 6.52. The van der Waals surface area contributed by atoms with Crippen molar-refractivity contribution in [2.45, 2.75) is 6.92 Å². The fourth-order valence-electron chi connectivity index (χ4n) is 2.43. The molecule has 6 heteroatoms. The SMILES string of the molecule is CCN(C(=O)c1ccccc1Cl)c1nc(-c2ccc(OC)cc2)cs1. The van der Waals surface area contributed by atoms with Gasteiger partial charge < -0.3 is 4.74 Å². The molecule has 128 valence electrons. The van der Waals surface area contributed by atoms with Crippen LogP contribution in [0.3, 0.4) is 0 Å². The Kier molecular flexibility index (Phi) is 5.36. The van der Waals surface area contributed by atoms with Gasteiger partial charge in [0.1, 0.15) is 5.75 Å². The highest BCUT2D eigenvalue weighted by atomic mass is 35.5. The highest BCUT2D eigenvalue weighted by Crippen LogP contribution is 2.30. The molecular formula is C19H17ClN2O2S. The molecule has 0 N–H and O–H groups in total. The summed E-state index contributed by atoms with van der Waals surface area (Å²) >= 11 is 7.60. The Bertz CT molecular complexity index is 877. The van der Waals surface area contributed by atoms with E-state index in [0.717, 1.165) is 17.0 Å². The molecule has 0 saturated heterocycles. The number of anilines is 1. The van der Waals surface area contributed by atoms with Crippen molar-refractivity contribution in [3.8, 4) is 17.0 Å². The molecule has 0 unspecified atom stereocenters. The molecule has 2 aromatic carbocycles. The molecule has 0 bridgehead atoms. The Hall–Kier alpha value is -2.37. The van der Waals surface area contributed by atoms with E-state index >= 15 is 0 Å². The number of hydrogen-bond donors (Lipinski definition) is 0. The van der Waals surface area contributed by atoms with Gasteiger partial charge in [-0.2, -0.15) is 0 Å². The zero-order chi connectivity index (χ0) is 17.8. The summed E-state index contributed by atoms with van der Waals surface area (Å²) in [5.41, 5.74) is 2.28. The molecule has 1 heterocycles. The summed E-state index contributed by atoms with van der Waals surface area (Å²) < 4.78 is 5.17. The Morgan fingerprint density at radius 3 is 2.56 bits per heavy atom. The predicted molar refractivity (Wildman–Crippen MR) is 103 cm³/mol. The molecule has 3 aromatic rings. The van der Waals surface area contributed by atoms with Crippen molar-refractivity contribution in [2.24, 2.45) is 0 Å². The summed E-state index contributed by atoms with van der Waals surface area (Å²) in [6.07, 6.45) is 0. The maximum Gasteiger partial charge on any atom is 0.261 e. The van der Waals surface area contributed by atoms with Crippen molar-refractivity contribution in [2.75, 3.05) is 18.6 Å². The number of rotatable bonds is 5. The van der Waals surface area contributed by atoms with E-state index in [2.05, 4.69) is 4.98 Å². The number of hydrogen-bond acceptors (Lipinski definition) is 4. The molecule has 0 atom stereocenters. The topological polar surface area (TPSA) is 42.4 Å². The lowest BCUT2D eigenvalue weighted by molar-refractivity contribution is 0.0988. The van der Waals surface area contributed by atoms with Gasteiger partial charge in [0, 0.05) is 17.5 Å². The quantitative estimate of drug-likeness (QED) is 0.622. The van der Waals surface area contributed by atoms with Gasteiger partial charge in [-0.1, -0.05) is 23.7 Å². The third kappa shape index (κ3) is 3.67. The average molecular weight is 373 g/mol. The lowest BCUT2D eigenvalue weighted by Crippen LogP contribution is -2.30. The summed E-state index contributed by atoms with van der Waals surface area (Å²) in [4.78, 5) is 19.1. The van der Waals surface area contributed by atoms with Gasteiger partial charge in [0.05, 0.1) is 23.4 Å². The van der Waals surface area contributed by atoms with E-state index in [0.29, 0.717) is 22.3 Å². The van der Waals surface area contributed by atoms with Gasteiger partial charge in [-0.15, -0.1) is 11.3 Å². The van der Waals surface area contributed by atoms with Crippen molar-refractivity contribution in [1.82, 2.24) is 4.98 Å². The molecule has 25 heavy (non-hydrogen) atoms. The van der Waals surface area contributed by atoms with Gasteiger partial charge in [-0.3, -0.25) is 9.69 Å². The van der Waals surface area contributed by atoms with Crippen LogP contribution in [0.4, 0.5) is 5.13 Å². The Balaban J connectivity index is 1.88. The second-order valence-electron chi connectivity index (χ2n) is 5.27. The number of thiazole rings is 1. The molecule has 0 fully saturated rings. The number of carbonyl (C=O) groups excluding carboxylic acids is 1. The zero-order valence-corrected chi connectivity index (χ0v) is 15.5. The van der Waals surface area contributed by atoms with Crippen LogP contribution in [0.25, 0.3) is 11.3 Å². The molecule has 1 amide bonds. The number of carbonyl (C=O) groups is 1. The van der Waals surface area contributed by atoms with Crippen LogP contribution in [0.15, 0.2) is 53.9 Å². The Morgan fingerprint density at radius 2 is 1.92 bits per heavy atom. The highest BCUT2D eigenvalue weighted by molar-refractivity contribution is 7.14. The number of amides is 1. The Labute approximate surface area is 155 Å². The highest BCUT2D eigenvalue weighted by Gasteiger charge is 2.21. The summed E-state index contributed by atoms with van der Waals surface area (Å²) in [6, 6.07) is 14.7. The fourth-order valence-corrected chi connectivity index (χ4v) is 3.54. The number of methoxy groups -OCH3 is 1. The summed E-state index contributed by atoms with van der Waals surface area (Å²) in [7, 11) is 1.63. The van der Waals surface area contributed by atoms with E-state index in [1.807, 2.05) is 36.6 Å². The van der Waals surface area contributed by atoms with Crippen LogP contribution in [-0.2, 0) is 0 Å². The van der Waals surface area contributed by atoms with Crippen LogP contribution in [-0.4, -0.2) is 24.5 Å². The predicted octanol–water partition coefficient (Wildman–Crippen LogP) is 5.14. The molecule has 3 rings (SSSR count). The van der Waals surface area contributed by atoms with Crippen LogP contribution in [0, 0.1) is 0 Å². The number of nitrogens with zero attached hydrogens (tertiary/aromatic N) is 2. The van der Waals surface area contributed by atoms with Crippen LogP contribution in [0.2, 0.25) is 5.02 Å². The molecule has 0 aliphatic rings. The average Bonchev–Trinajstić information content (AvgIpc) is 3.12. The van der Waals surface area contributed by atoms with Gasteiger partial charge in [-0.25, -0.2) is 4.98 Å². The van der Waals surface area contributed by atoms with E-state index in [1.54, 1.807) is 36.3 Å². The maximum atomic E-state index is 12.8. The first kappa shape index (κ1) is 17.5. The minimum absolute atomic E-state index is 0.149. The minimum Gasteiger partial charge on any atom is -0.497 e. The molecule has 4 nitrogen and oxygen atoms in total. The molecular weight excluding hydrogens is 356 g/mol. The first-order valence-corrected chi connectivity index (χ1v) is 9.06. The summed E-state index contributed by atoms with van der Waals surface area (Å²) in [5, 5.41) is 3.04. The number of benzene rings is 2. The van der Waals surface area contributed by atoms with Gasteiger partial charge >= 0.3 is 0 Å². The maximum absolute atomic E-state index is 12.8. The Morgan fingerprint density at radius 1 is 1.20 bits per heavy atom.